The highest BCUT2D eigenvalue weighted by Gasteiger charge is 2.27. The Balaban J connectivity index is 1.65. The second-order valence-electron chi connectivity index (χ2n) is 6.22. The Labute approximate surface area is 146 Å². The predicted molar refractivity (Wildman–Crippen MR) is 92.5 cm³/mol. The molecule has 0 radical (unpaired) electrons. The van der Waals surface area contributed by atoms with Crippen molar-refractivity contribution in [2.45, 2.75) is 31.1 Å². The maximum atomic E-state index is 12.4. The van der Waals surface area contributed by atoms with E-state index in [1.165, 1.54) is 12.1 Å². The van der Waals surface area contributed by atoms with Crippen molar-refractivity contribution in [2.24, 2.45) is 0 Å². The minimum atomic E-state index is -3.93. The molecule has 4 rings (SSSR count). The number of hydrogen-bond acceptors (Lipinski definition) is 6. The molecule has 0 saturated heterocycles. The van der Waals surface area contributed by atoms with Crippen LogP contribution >= 0.6 is 0 Å². The van der Waals surface area contributed by atoms with Crippen molar-refractivity contribution in [1.82, 2.24) is 0 Å². The first-order chi connectivity index (χ1) is 12.0. The number of aryl methyl sites for hydroxylation is 2. The molecule has 0 aromatic heterocycles. The second-order valence-corrected chi connectivity index (χ2v) is 7.77. The lowest BCUT2D eigenvalue weighted by molar-refractivity contribution is 0.285. The second kappa shape index (κ2) is 6.24. The van der Waals surface area contributed by atoms with E-state index in [0.29, 0.717) is 31.1 Å². The summed E-state index contributed by atoms with van der Waals surface area (Å²) >= 11 is 0. The monoisotopic (exact) mass is 361 g/mol. The fraction of sp³-hybridized carbons (Fsp3) is 0.333. The van der Waals surface area contributed by atoms with E-state index in [0.717, 1.165) is 35.3 Å². The topological polar surface area (TPSA) is 73.9 Å². The molecule has 2 aromatic rings. The first-order valence-electron chi connectivity index (χ1n) is 8.25. The zero-order chi connectivity index (χ0) is 17.4. The highest BCUT2D eigenvalue weighted by Crippen LogP contribution is 2.44. The maximum absolute atomic E-state index is 12.4. The molecular formula is C18H19NO5S. The molecule has 1 N–H and O–H groups in total. The fourth-order valence-corrected chi connectivity index (χ4v) is 3.88. The molecule has 0 atom stereocenters. The molecule has 2 aliphatic heterocycles. The standard InChI is InChI=1S/C18H19NO5S/c1-12-4-6-14(7-5-12)25(20,21)24-19-17-15-8-10-22-16(15)11-13-3-2-9-23-18(13)17/h4-7,11,19H,2-3,8-10H2,1H3. The Kier molecular flexibility index (Phi) is 4.05. The van der Waals surface area contributed by atoms with E-state index in [4.69, 9.17) is 13.8 Å². The lowest BCUT2D eigenvalue weighted by Gasteiger charge is -2.22. The summed E-state index contributed by atoms with van der Waals surface area (Å²) in [5, 5.41) is 0. The van der Waals surface area contributed by atoms with Gasteiger partial charge in [-0.1, -0.05) is 17.7 Å². The minimum Gasteiger partial charge on any atom is -0.493 e. The van der Waals surface area contributed by atoms with Gasteiger partial charge in [-0.15, -0.1) is 4.28 Å². The Bertz CT molecular complexity index is 906. The Morgan fingerprint density at radius 2 is 1.88 bits per heavy atom. The molecule has 0 saturated carbocycles. The van der Waals surface area contributed by atoms with Crippen LogP contribution in [0, 0.1) is 6.92 Å². The van der Waals surface area contributed by atoms with E-state index in [2.05, 4.69) is 5.48 Å². The van der Waals surface area contributed by atoms with Gasteiger partial charge in [0.1, 0.15) is 17.2 Å². The molecule has 0 fully saturated rings. The van der Waals surface area contributed by atoms with Gasteiger partial charge in [-0.2, -0.15) is 8.42 Å². The smallest absolute Gasteiger partial charge is 0.317 e. The van der Waals surface area contributed by atoms with Crippen LogP contribution in [0.25, 0.3) is 0 Å². The van der Waals surface area contributed by atoms with Crippen molar-refractivity contribution in [1.29, 1.82) is 0 Å². The van der Waals surface area contributed by atoms with Crippen LogP contribution in [0.15, 0.2) is 35.2 Å². The van der Waals surface area contributed by atoms with Gasteiger partial charge < -0.3 is 9.47 Å². The summed E-state index contributed by atoms with van der Waals surface area (Å²) in [6, 6.07) is 8.49. The van der Waals surface area contributed by atoms with Crippen LogP contribution in [-0.4, -0.2) is 21.6 Å². The van der Waals surface area contributed by atoms with E-state index in [1.807, 2.05) is 13.0 Å². The number of fused-ring (bicyclic) bond motifs is 2. The highest BCUT2D eigenvalue weighted by molar-refractivity contribution is 7.86. The van der Waals surface area contributed by atoms with E-state index >= 15 is 0 Å². The SMILES string of the molecule is Cc1ccc(S(=O)(=O)ONc2c3c(cc4c2OCCC4)OCC3)cc1. The zero-order valence-electron chi connectivity index (χ0n) is 13.9. The minimum absolute atomic E-state index is 0.101. The van der Waals surface area contributed by atoms with E-state index in [-0.39, 0.29) is 4.90 Å². The number of benzene rings is 2. The maximum Gasteiger partial charge on any atom is 0.317 e. The number of anilines is 1. The van der Waals surface area contributed by atoms with E-state index in [1.54, 1.807) is 12.1 Å². The molecule has 0 amide bonds. The largest absolute Gasteiger partial charge is 0.493 e. The molecule has 7 heteroatoms. The van der Waals surface area contributed by atoms with E-state index in [9.17, 15) is 8.42 Å². The third kappa shape index (κ3) is 3.05. The Morgan fingerprint density at radius 1 is 1.08 bits per heavy atom. The quantitative estimate of drug-likeness (QED) is 0.844. The molecule has 132 valence electrons. The van der Waals surface area contributed by atoms with Crippen LogP contribution in [0.1, 0.15) is 23.1 Å². The third-order valence-corrected chi connectivity index (χ3v) is 5.59. The van der Waals surface area contributed by atoms with E-state index < -0.39 is 10.1 Å². The lowest BCUT2D eigenvalue weighted by Crippen LogP contribution is -2.16. The average Bonchev–Trinajstić information content (AvgIpc) is 3.07. The predicted octanol–water partition coefficient (Wildman–Crippen LogP) is 2.99. The van der Waals surface area contributed by atoms with Gasteiger partial charge in [0.05, 0.1) is 18.1 Å². The molecular weight excluding hydrogens is 342 g/mol. The third-order valence-electron chi connectivity index (χ3n) is 4.43. The fourth-order valence-electron chi connectivity index (χ4n) is 3.12. The van der Waals surface area contributed by atoms with Gasteiger partial charge in [-0.25, -0.2) is 5.48 Å². The molecule has 2 aliphatic rings. The van der Waals surface area contributed by atoms with Gasteiger partial charge in [0, 0.05) is 17.5 Å². The first-order valence-corrected chi connectivity index (χ1v) is 9.66. The van der Waals surface area contributed by atoms with Crippen LogP contribution < -0.4 is 15.0 Å². The summed E-state index contributed by atoms with van der Waals surface area (Å²) in [7, 11) is -3.93. The van der Waals surface area contributed by atoms with Crippen molar-refractivity contribution in [3.8, 4) is 11.5 Å². The van der Waals surface area contributed by atoms with Crippen LogP contribution in [0.3, 0.4) is 0 Å². The summed E-state index contributed by atoms with van der Waals surface area (Å²) in [5.74, 6) is 1.43. The van der Waals surface area contributed by atoms with Crippen LogP contribution in [-0.2, 0) is 27.2 Å². The summed E-state index contributed by atoms with van der Waals surface area (Å²) < 4.78 is 41.4. The van der Waals surface area contributed by atoms with Crippen molar-refractivity contribution in [3.05, 3.63) is 47.0 Å². The number of nitrogens with one attached hydrogen (secondary N) is 1. The molecule has 2 heterocycles. The summed E-state index contributed by atoms with van der Waals surface area (Å²) in [6.45, 7) is 3.07. The molecule has 6 nitrogen and oxygen atoms in total. The number of ether oxygens (including phenoxy) is 2. The molecule has 0 unspecified atom stereocenters. The first kappa shape index (κ1) is 16.2. The normalized spacial score (nSPS) is 15.7. The van der Waals surface area contributed by atoms with Crippen LogP contribution in [0.5, 0.6) is 11.5 Å². The van der Waals surface area contributed by atoms with Crippen molar-refractivity contribution < 1.29 is 22.2 Å². The molecule has 0 spiro atoms. The summed E-state index contributed by atoms with van der Waals surface area (Å²) in [4.78, 5) is 0.101. The van der Waals surface area contributed by atoms with Crippen LogP contribution in [0.2, 0.25) is 0 Å². The molecule has 25 heavy (non-hydrogen) atoms. The lowest BCUT2D eigenvalue weighted by atomic mass is 10.0. The van der Waals surface area contributed by atoms with Gasteiger partial charge in [-0.05, 0) is 38.0 Å². The number of rotatable bonds is 4. The van der Waals surface area contributed by atoms with Gasteiger partial charge in [0.25, 0.3) is 0 Å². The molecule has 0 bridgehead atoms. The summed E-state index contributed by atoms with van der Waals surface area (Å²) in [5.41, 5.74) is 6.06. The number of hydrogen-bond donors (Lipinski definition) is 1. The average molecular weight is 361 g/mol. The zero-order valence-corrected chi connectivity index (χ0v) is 14.7. The van der Waals surface area contributed by atoms with Crippen molar-refractivity contribution in [3.63, 3.8) is 0 Å². The summed E-state index contributed by atoms with van der Waals surface area (Å²) in [6.07, 6.45) is 2.47. The van der Waals surface area contributed by atoms with Gasteiger partial charge in [-0.3, -0.25) is 0 Å². The van der Waals surface area contributed by atoms with Crippen molar-refractivity contribution >= 4 is 15.8 Å². The van der Waals surface area contributed by atoms with Gasteiger partial charge in [0.15, 0.2) is 0 Å². The molecule has 0 aliphatic carbocycles. The molecule has 2 aromatic carbocycles. The Morgan fingerprint density at radius 3 is 2.68 bits per heavy atom. The highest BCUT2D eigenvalue weighted by atomic mass is 32.2. The van der Waals surface area contributed by atoms with Gasteiger partial charge in [0.2, 0.25) is 0 Å². The van der Waals surface area contributed by atoms with Crippen molar-refractivity contribution in [2.75, 3.05) is 18.7 Å². The van der Waals surface area contributed by atoms with Crippen LogP contribution in [0.4, 0.5) is 5.69 Å². The van der Waals surface area contributed by atoms with Gasteiger partial charge >= 0.3 is 10.1 Å². The Hall–Kier alpha value is -2.25.